The molecular formula is C23H19N3O6. The zero-order valence-corrected chi connectivity index (χ0v) is 17.1. The molecule has 1 saturated heterocycles. The second-order valence-corrected chi connectivity index (χ2v) is 8.80. The van der Waals surface area contributed by atoms with Crippen molar-refractivity contribution in [2.75, 3.05) is 7.11 Å². The monoisotopic (exact) mass is 433 g/mol. The number of imide groups is 1. The molecule has 4 atom stereocenters. The van der Waals surface area contributed by atoms with E-state index in [0.29, 0.717) is 5.75 Å². The third-order valence-electron chi connectivity index (χ3n) is 7.42. The van der Waals surface area contributed by atoms with Gasteiger partial charge < -0.3 is 9.15 Å². The van der Waals surface area contributed by atoms with Crippen molar-refractivity contribution in [2.45, 2.75) is 12.8 Å². The first-order chi connectivity index (χ1) is 15.4. The topological polar surface area (TPSA) is 115 Å². The number of allylic oxidation sites excluding steroid dienone is 2. The maximum absolute atomic E-state index is 13.0. The van der Waals surface area contributed by atoms with Crippen molar-refractivity contribution in [3.05, 3.63) is 58.4 Å². The summed E-state index contributed by atoms with van der Waals surface area (Å²) in [5, 5.41) is 16.5. The van der Waals surface area contributed by atoms with Crippen molar-refractivity contribution < 1.29 is 23.7 Å². The smallest absolute Gasteiger partial charge is 0.284 e. The van der Waals surface area contributed by atoms with Crippen LogP contribution in [0.15, 0.2) is 52.0 Å². The Morgan fingerprint density at radius 3 is 2.44 bits per heavy atom. The van der Waals surface area contributed by atoms with Crippen LogP contribution in [0.5, 0.6) is 5.75 Å². The number of benzene rings is 1. The fourth-order valence-electron chi connectivity index (χ4n) is 5.86. The highest BCUT2D eigenvalue weighted by atomic mass is 16.6. The molecule has 1 aromatic heterocycles. The Morgan fingerprint density at radius 2 is 1.84 bits per heavy atom. The van der Waals surface area contributed by atoms with Crippen LogP contribution in [-0.4, -0.2) is 35.1 Å². The van der Waals surface area contributed by atoms with E-state index in [1.165, 1.54) is 19.4 Å². The molecule has 3 aliphatic carbocycles. The van der Waals surface area contributed by atoms with Crippen LogP contribution in [0.1, 0.15) is 18.6 Å². The number of nitrogens with zero attached hydrogens (tertiary/aromatic N) is 3. The van der Waals surface area contributed by atoms with Crippen molar-refractivity contribution in [3.63, 3.8) is 0 Å². The summed E-state index contributed by atoms with van der Waals surface area (Å²) in [5.74, 6) is 0.0606. The molecule has 1 aromatic carbocycles. The summed E-state index contributed by atoms with van der Waals surface area (Å²) < 4.78 is 10.8. The summed E-state index contributed by atoms with van der Waals surface area (Å²) in [4.78, 5) is 36.9. The van der Waals surface area contributed by atoms with Gasteiger partial charge in [-0.3, -0.25) is 19.7 Å². The van der Waals surface area contributed by atoms with E-state index in [1.54, 1.807) is 24.3 Å². The minimum atomic E-state index is -0.510. The lowest BCUT2D eigenvalue weighted by atomic mass is 9.85. The van der Waals surface area contributed by atoms with Crippen LogP contribution < -0.4 is 4.74 Å². The molecule has 1 spiro atoms. The van der Waals surface area contributed by atoms with Crippen molar-refractivity contribution in [3.8, 4) is 17.1 Å². The first-order valence-corrected chi connectivity index (χ1v) is 10.5. The molecule has 2 bridgehead atoms. The number of hydrogen-bond donors (Lipinski definition) is 0. The zero-order valence-electron chi connectivity index (χ0n) is 17.1. The van der Waals surface area contributed by atoms with Crippen LogP contribution in [-0.2, 0) is 9.59 Å². The van der Waals surface area contributed by atoms with Gasteiger partial charge in [-0.15, -0.1) is 0 Å². The van der Waals surface area contributed by atoms with Crippen molar-refractivity contribution in [2.24, 2.45) is 34.2 Å². The van der Waals surface area contributed by atoms with Gasteiger partial charge in [0.25, 0.3) is 17.5 Å². The van der Waals surface area contributed by atoms with Gasteiger partial charge in [0.1, 0.15) is 17.3 Å². The number of nitro benzene ring substituents is 1. The molecule has 2 heterocycles. The molecule has 9 heteroatoms. The normalized spacial score (nSPS) is 28.8. The number of carbonyl (C=O) groups excluding carboxylic acids is 2. The summed E-state index contributed by atoms with van der Waals surface area (Å²) in [6.45, 7) is 0. The Hall–Kier alpha value is -3.75. The second-order valence-electron chi connectivity index (χ2n) is 8.80. The predicted octanol–water partition coefficient (Wildman–Crippen LogP) is 3.39. The highest BCUT2D eigenvalue weighted by Gasteiger charge is 2.73. The van der Waals surface area contributed by atoms with Gasteiger partial charge in [-0.25, -0.2) is 0 Å². The first kappa shape index (κ1) is 19.0. The van der Waals surface area contributed by atoms with Crippen molar-refractivity contribution in [1.29, 1.82) is 0 Å². The average molecular weight is 433 g/mol. The van der Waals surface area contributed by atoms with Gasteiger partial charge in [0, 0.05) is 0 Å². The van der Waals surface area contributed by atoms with E-state index in [-0.39, 0.29) is 63.7 Å². The molecule has 2 saturated carbocycles. The molecule has 4 aliphatic rings. The number of carbonyl (C=O) groups is 2. The molecule has 0 N–H and O–H groups in total. The van der Waals surface area contributed by atoms with E-state index < -0.39 is 4.92 Å². The quantitative estimate of drug-likeness (QED) is 0.235. The molecule has 0 radical (unpaired) electrons. The van der Waals surface area contributed by atoms with E-state index in [1.807, 2.05) is 0 Å². The third kappa shape index (κ3) is 2.41. The number of methoxy groups -OCH3 is 1. The van der Waals surface area contributed by atoms with Gasteiger partial charge in [-0.2, -0.15) is 10.1 Å². The molecule has 0 unspecified atom stereocenters. The standard InChI is InChI=1S/C23H19N3O6/c1-31-12-2-4-14(17(10-12)26(29)30)18-7-3-13(32-18)11-24-25-21(27)19-15-5-6-16(20(19)22(25)28)23(15)8-9-23/h2-7,10-11,15-16,19-20H,8-9H2,1H3/b24-11-/t15-,16-,19-,20+/m0/s1. The van der Waals surface area contributed by atoms with E-state index in [0.717, 1.165) is 17.9 Å². The Balaban J connectivity index is 1.25. The Kier molecular flexibility index (Phi) is 3.78. The summed E-state index contributed by atoms with van der Waals surface area (Å²) >= 11 is 0. The largest absolute Gasteiger partial charge is 0.497 e. The number of fused-ring (bicyclic) bond motifs is 3. The lowest BCUT2D eigenvalue weighted by Crippen LogP contribution is -2.30. The van der Waals surface area contributed by atoms with Gasteiger partial charge in [-0.1, -0.05) is 12.2 Å². The Labute approximate surface area is 182 Å². The van der Waals surface area contributed by atoms with Crippen LogP contribution in [0.25, 0.3) is 11.3 Å². The van der Waals surface area contributed by atoms with Crippen LogP contribution in [0.4, 0.5) is 5.69 Å². The van der Waals surface area contributed by atoms with Gasteiger partial charge in [-0.05, 0) is 54.4 Å². The SMILES string of the molecule is COc1ccc(-c2ccc(/C=N\N3C(=O)[C@@H]4[C@H](C3=O)[C@@H]3C=C[C@@H]4C34CC4)o2)c([N+](=O)[O-])c1. The lowest BCUT2D eigenvalue weighted by Gasteiger charge is -2.18. The summed E-state index contributed by atoms with van der Waals surface area (Å²) in [7, 11) is 1.43. The fraction of sp³-hybridized carbons (Fsp3) is 0.348. The molecule has 3 fully saturated rings. The number of rotatable bonds is 5. The van der Waals surface area contributed by atoms with E-state index in [2.05, 4.69) is 17.3 Å². The van der Waals surface area contributed by atoms with Crippen LogP contribution in [0, 0.1) is 39.2 Å². The van der Waals surface area contributed by atoms with Crippen molar-refractivity contribution in [1.82, 2.24) is 5.01 Å². The van der Waals surface area contributed by atoms with E-state index >= 15 is 0 Å². The van der Waals surface area contributed by atoms with Gasteiger partial charge in [0.05, 0.1) is 41.7 Å². The number of hydrogen-bond acceptors (Lipinski definition) is 7. The molecule has 9 nitrogen and oxygen atoms in total. The number of ether oxygens (including phenoxy) is 1. The molecule has 162 valence electrons. The maximum atomic E-state index is 13.0. The maximum Gasteiger partial charge on any atom is 0.284 e. The van der Waals surface area contributed by atoms with Gasteiger partial charge in [0.15, 0.2) is 0 Å². The Bertz CT molecular complexity index is 1210. The molecule has 6 rings (SSSR count). The molecular weight excluding hydrogens is 414 g/mol. The highest BCUT2D eigenvalue weighted by molar-refractivity contribution is 6.07. The van der Waals surface area contributed by atoms with Crippen LogP contribution >= 0.6 is 0 Å². The van der Waals surface area contributed by atoms with Crippen LogP contribution in [0.2, 0.25) is 0 Å². The molecule has 32 heavy (non-hydrogen) atoms. The highest BCUT2D eigenvalue weighted by Crippen LogP contribution is 2.73. The first-order valence-electron chi connectivity index (χ1n) is 10.5. The number of hydrazone groups is 1. The van der Waals surface area contributed by atoms with Crippen LogP contribution in [0.3, 0.4) is 0 Å². The number of nitro groups is 1. The average Bonchev–Trinajstić information content (AvgIpc) is 3.08. The van der Waals surface area contributed by atoms with Gasteiger partial charge >= 0.3 is 0 Å². The summed E-state index contributed by atoms with van der Waals surface area (Å²) in [6.07, 6.45) is 7.69. The Morgan fingerprint density at radius 1 is 1.16 bits per heavy atom. The molecule has 2 amide bonds. The second kappa shape index (κ2) is 6.38. The predicted molar refractivity (Wildman–Crippen MR) is 112 cm³/mol. The summed E-state index contributed by atoms with van der Waals surface area (Å²) in [6, 6.07) is 7.64. The summed E-state index contributed by atoms with van der Waals surface area (Å²) in [5.41, 5.74) is 0.270. The third-order valence-corrected chi connectivity index (χ3v) is 7.42. The lowest BCUT2D eigenvalue weighted by molar-refractivity contribution is -0.384. The minimum Gasteiger partial charge on any atom is -0.497 e. The molecule has 2 aromatic rings. The van der Waals surface area contributed by atoms with Gasteiger partial charge in [0.2, 0.25) is 0 Å². The van der Waals surface area contributed by atoms with E-state index in [9.17, 15) is 19.7 Å². The zero-order chi connectivity index (χ0) is 22.2. The van der Waals surface area contributed by atoms with E-state index in [4.69, 9.17) is 9.15 Å². The molecule has 1 aliphatic heterocycles. The number of furan rings is 1. The fourth-order valence-corrected chi connectivity index (χ4v) is 5.86. The number of amides is 2. The van der Waals surface area contributed by atoms with Crippen molar-refractivity contribution >= 4 is 23.7 Å². The minimum absolute atomic E-state index is 0.138.